The Morgan fingerprint density at radius 1 is 1.03 bits per heavy atom. The van der Waals surface area contributed by atoms with Crippen LogP contribution in [0.3, 0.4) is 0 Å². The number of carbonyl (C=O) groups is 3. The molecular weight excluding hydrogens is 418 g/mol. The van der Waals surface area contributed by atoms with E-state index >= 15 is 0 Å². The van der Waals surface area contributed by atoms with Crippen molar-refractivity contribution in [1.82, 2.24) is 10.2 Å². The van der Waals surface area contributed by atoms with E-state index in [1.807, 2.05) is 46.7 Å². The van der Waals surface area contributed by atoms with Crippen molar-refractivity contribution in [2.75, 3.05) is 24.5 Å². The average Bonchev–Trinajstić information content (AvgIpc) is 3.14. The number of hydrogen-bond donors (Lipinski definition) is 1. The van der Waals surface area contributed by atoms with Gasteiger partial charge in [-0.25, -0.2) is 0 Å². The Labute approximate surface area is 184 Å². The van der Waals surface area contributed by atoms with Crippen molar-refractivity contribution >= 4 is 46.5 Å². The molecule has 2 aliphatic rings. The van der Waals surface area contributed by atoms with Crippen LogP contribution in [-0.4, -0.2) is 47.5 Å². The highest BCUT2D eigenvalue weighted by Gasteiger charge is 2.40. The molecule has 158 valence electrons. The smallest absolute Gasteiger partial charge is 0.250 e. The van der Waals surface area contributed by atoms with Gasteiger partial charge in [-0.3, -0.25) is 14.4 Å². The number of amides is 3. The molecule has 0 spiro atoms. The van der Waals surface area contributed by atoms with Crippen LogP contribution < -0.4 is 10.2 Å². The summed E-state index contributed by atoms with van der Waals surface area (Å²) in [6, 6.07) is 11.4. The minimum absolute atomic E-state index is 0.0917. The van der Waals surface area contributed by atoms with Crippen LogP contribution in [0.5, 0.6) is 0 Å². The Morgan fingerprint density at radius 2 is 1.80 bits per heavy atom. The second-order valence-corrected chi connectivity index (χ2v) is 9.66. The number of nitrogens with zero attached hydrogens (tertiary/aromatic N) is 2. The standard InChI is InChI=1S/C22H25N3O3S2/c26-19(23-14-16-8-7-13-29-16)15-25-17-9-3-4-10-18(17)30-20(22(25)28)21(27)24-11-5-1-2-6-12-24/h3-4,7-10,13,20H,1-2,5-6,11-12,14-15H2,(H,23,26)/t20-/m1/s1. The van der Waals surface area contributed by atoms with Gasteiger partial charge >= 0.3 is 0 Å². The number of hydrogen-bond acceptors (Lipinski definition) is 5. The summed E-state index contributed by atoms with van der Waals surface area (Å²) in [5.74, 6) is -0.677. The van der Waals surface area contributed by atoms with E-state index in [4.69, 9.17) is 0 Å². The fraction of sp³-hybridized carbons (Fsp3) is 0.409. The lowest BCUT2D eigenvalue weighted by Crippen LogP contribution is -2.52. The van der Waals surface area contributed by atoms with Gasteiger partial charge in [0.1, 0.15) is 6.54 Å². The molecule has 3 amide bonds. The quantitative estimate of drug-likeness (QED) is 0.720. The van der Waals surface area contributed by atoms with E-state index in [0.717, 1.165) is 35.5 Å². The van der Waals surface area contributed by atoms with Crippen LogP contribution in [0, 0.1) is 0 Å². The molecule has 0 radical (unpaired) electrons. The first-order chi connectivity index (χ1) is 14.6. The third-order valence-electron chi connectivity index (χ3n) is 5.37. The van der Waals surface area contributed by atoms with Crippen molar-refractivity contribution in [2.45, 2.75) is 42.4 Å². The van der Waals surface area contributed by atoms with Gasteiger partial charge < -0.3 is 15.1 Å². The van der Waals surface area contributed by atoms with Crippen molar-refractivity contribution in [1.29, 1.82) is 0 Å². The Bertz CT molecular complexity index is 908. The topological polar surface area (TPSA) is 69.7 Å². The molecule has 1 aromatic heterocycles. The number of benzene rings is 1. The lowest BCUT2D eigenvalue weighted by atomic mass is 10.2. The first-order valence-corrected chi connectivity index (χ1v) is 12.0. The molecule has 6 nitrogen and oxygen atoms in total. The summed E-state index contributed by atoms with van der Waals surface area (Å²) in [5, 5.41) is 4.00. The number of para-hydroxylation sites is 1. The summed E-state index contributed by atoms with van der Waals surface area (Å²) in [7, 11) is 0. The zero-order valence-corrected chi connectivity index (χ0v) is 18.3. The third-order valence-corrected chi connectivity index (χ3v) is 7.49. The van der Waals surface area contributed by atoms with Crippen LogP contribution in [0.2, 0.25) is 0 Å². The molecule has 30 heavy (non-hydrogen) atoms. The molecule has 0 unspecified atom stereocenters. The Morgan fingerprint density at radius 3 is 2.53 bits per heavy atom. The Hall–Kier alpha value is -2.32. The van der Waals surface area contributed by atoms with Gasteiger partial charge in [-0.05, 0) is 36.4 Å². The molecule has 1 saturated heterocycles. The summed E-state index contributed by atoms with van der Waals surface area (Å²) in [6.45, 7) is 1.74. The number of likely N-dealkylation sites (tertiary alicyclic amines) is 1. The van der Waals surface area contributed by atoms with Gasteiger partial charge in [-0.2, -0.15) is 0 Å². The maximum Gasteiger partial charge on any atom is 0.250 e. The number of thioether (sulfide) groups is 1. The number of rotatable bonds is 5. The molecular formula is C22H25N3O3S2. The molecule has 1 atom stereocenters. The molecule has 3 heterocycles. The van der Waals surface area contributed by atoms with Gasteiger partial charge in [0, 0.05) is 22.9 Å². The van der Waals surface area contributed by atoms with E-state index in [1.54, 1.807) is 11.3 Å². The average molecular weight is 444 g/mol. The van der Waals surface area contributed by atoms with Crippen molar-refractivity contribution in [2.24, 2.45) is 0 Å². The van der Waals surface area contributed by atoms with Crippen LogP contribution in [0.15, 0.2) is 46.7 Å². The minimum Gasteiger partial charge on any atom is -0.350 e. The monoisotopic (exact) mass is 443 g/mol. The summed E-state index contributed by atoms with van der Waals surface area (Å²) < 4.78 is 0. The van der Waals surface area contributed by atoms with E-state index in [-0.39, 0.29) is 24.3 Å². The highest BCUT2D eigenvalue weighted by Crippen LogP contribution is 2.39. The van der Waals surface area contributed by atoms with E-state index in [0.29, 0.717) is 25.3 Å². The number of fused-ring (bicyclic) bond motifs is 1. The third kappa shape index (κ3) is 4.70. The molecule has 0 saturated carbocycles. The highest BCUT2D eigenvalue weighted by atomic mass is 32.2. The molecule has 2 aromatic rings. The largest absolute Gasteiger partial charge is 0.350 e. The van der Waals surface area contributed by atoms with E-state index in [1.165, 1.54) is 16.7 Å². The molecule has 1 N–H and O–H groups in total. The highest BCUT2D eigenvalue weighted by molar-refractivity contribution is 8.01. The van der Waals surface area contributed by atoms with Crippen molar-refractivity contribution in [3.8, 4) is 0 Å². The molecule has 8 heteroatoms. The molecule has 1 fully saturated rings. The number of carbonyl (C=O) groups excluding carboxylic acids is 3. The lowest BCUT2D eigenvalue weighted by Gasteiger charge is -2.34. The van der Waals surface area contributed by atoms with Crippen LogP contribution in [0.4, 0.5) is 5.69 Å². The van der Waals surface area contributed by atoms with E-state index in [9.17, 15) is 14.4 Å². The number of nitrogens with one attached hydrogen (secondary N) is 1. The second-order valence-electron chi connectivity index (χ2n) is 7.49. The van der Waals surface area contributed by atoms with Gasteiger partial charge in [0.25, 0.3) is 5.91 Å². The Kier molecular flexibility index (Phi) is 6.74. The van der Waals surface area contributed by atoms with E-state index < -0.39 is 5.25 Å². The molecule has 0 aliphatic carbocycles. The maximum atomic E-state index is 13.3. The lowest BCUT2D eigenvalue weighted by molar-refractivity contribution is -0.135. The second kappa shape index (κ2) is 9.66. The molecule has 4 rings (SSSR count). The fourth-order valence-corrected chi connectivity index (χ4v) is 5.62. The van der Waals surface area contributed by atoms with Crippen molar-refractivity contribution in [3.63, 3.8) is 0 Å². The zero-order valence-electron chi connectivity index (χ0n) is 16.7. The maximum absolute atomic E-state index is 13.3. The zero-order chi connectivity index (χ0) is 20.9. The van der Waals surface area contributed by atoms with Crippen molar-refractivity contribution in [3.05, 3.63) is 46.7 Å². The van der Waals surface area contributed by atoms with Crippen LogP contribution in [0.1, 0.15) is 30.6 Å². The molecule has 2 aliphatic heterocycles. The van der Waals surface area contributed by atoms with Gasteiger partial charge in [-0.1, -0.05) is 31.0 Å². The fourth-order valence-electron chi connectivity index (χ4n) is 3.79. The summed E-state index contributed by atoms with van der Waals surface area (Å²) in [6.07, 6.45) is 4.19. The van der Waals surface area contributed by atoms with Crippen LogP contribution in [-0.2, 0) is 20.9 Å². The molecule has 0 bridgehead atoms. The van der Waals surface area contributed by atoms with Crippen LogP contribution >= 0.6 is 23.1 Å². The summed E-state index contributed by atoms with van der Waals surface area (Å²) in [5.41, 5.74) is 0.693. The van der Waals surface area contributed by atoms with Gasteiger partial charge in [0.15, 0.2) is 5.25 Å². The van der Waals surface area contributed by atoms with Crippen molar-refractivity contribution < 1.29 is 14.4 Å². The number of anilines is 1. The Balaban J connectivity index is 1.50. The first-order valence-electron chi connectivity index (χ1n) is 10.3. The van der Waals surface area contributed by atoms with Gasteiger partial charge in [0.05, 0.1) is 12.2 Å². The van der Waals surface area contributed by atoms with Gasteiger partial charge in [-0.15, -0.1) is 23.1 Å². The first kappa shape index (κ1) is 20.9. The van der Waals surface area contributed by atoms with Gasteiger partial charge in [0.2, 0.25) is 11.8 Å². The normalized spacial score (nSPS) is 19.2. The SMILES string of the molecule is O=C(CN1C(=O)[C@@H](C(=O)N2CCCCCC2)Sc2ccccc21)NCc1cccs1. The number of thiophene rings is 1. The summed E-state index contributed by atoms with van der Waals surface area (Å²) in [4.78, 5) is 44.3. The van der Waals surface area contributed by atoms with E-state index in [2.05, 4.69) is 5.32 Å². The minimum atomic E-state index is -0.830. The predicted molar refractivity (Wildman–Crippen MR) is 120 cm³/mol. The van der Waals surface area contributed by atoms with Crippen LogP contribution in [0.25, 0.3) is 0 Å². The predicted octanol–water partition coefficient (Wildman–Crippen LogP) is 3.27. The summed E-state index contributed by atoms with van der Waals surface area (Å²) >= 11 is 2.88. The molecule has 1 aromatic carbocycles.